The summed E-state index contributed by atoms with van der Waals surface area (Å²) >= 11 is 0. The Morgan fingerprint density at radius 3 is 2.87 bits per heavy atom. The highest BCUT2D eigenvalue weighted by Crippen LogP contribution is 2.41. The van der Waals surface area contributed by atoms with E-state index in [1.54, 1.807) is 13.2 Å². The zero-order valence-corrected chi connectivity index (χ0v) is 16.8. The molecule has 2 N–H and O–H groups in total. The molecule has 1 saturated carbocycles. The minimum absolute atomic E-state index is 0.280. The number of ether oxygens (including phenoxy) is 1. The molecule has 1 aliphatic rings. The smallest absolute Gasteiger partial charge is 0.274 e. The van der Waals surface area contributed by atoms with Crippen LogP contribution < -0.4 is 10.1 Å². The summed E-state index contributed by atoms with van der Waals surface area (Å²) in [5.41, 5.74) is 4.90. The van der Waals surface area contributed by atoms with Gasteiger partial charge in [-0.15, -0.1) is 0 Å². The van der Waals surface area contributed by atoms with Crippen LogP contribution in [0, 0.1) is 11.3 Å². The van der Waals surface area contributed by atoms with Crippen LogP contribution in [0.3, 0.4) is 0 Å². The maximum absolute atomic E-state index is 13.0. The highest BCUT2D eigenvalue weighted by atomic mass is 16.5. The van der Waals surface area contributed by atoms with E-state index >= 15 is 0 Å². The number of nitriles is 1. The molecule has 0 unspecified atom stereocenters. The Morgan fingerprint density at radius 2 is 2.10 bits per heavy atom. The van der Waals surface area contributed by atoms with Gasteiger partial charge in [-0.05, 0) is 60.7 Å². The molecule has 152 valence electrons. The first-order valence-electron chi connectivity index (χ1n) is 10.00. The van der Waals surface area contributed by atoms with E-state index in [1.807, 2.05) is 42.5 Å². The van der Waals surface area contributed by atoms with Gasteiger partial charge in [0.1, 0.15) is 23.2 Å². The number of hydrogen-bond donors (Lipinski definition) is 2. The fourth-order valence-electron chi connectivity index (χ4n) is 3.71. The number of carbonyl (C=O) groups is 1. The number of hydrogen-bond acceptors (Lipinski definition) is 5. The van der Waals surface area contributed by atoms with Crippen molar-refractivity contribution in [2.75, 3.05) is 12.4 Å². The standard InChI is InChI=1S/C24H19N5O2/c1-31-18-4-2-3-16(10-18)22-20-11-17(7-8-21(20)28-29-22)27-24(30)23-19(15-5-6-15)9-14(12-25)13-26-23/h2-4,7-11,13,15H,5-6H2,1H3,(H,27,30)(H,28,29). The van der Waals surface area contributed by atoms with Crippen LogP contribution in [-0.4, -0.2) is 28.2 Å². The van der Waals surface area contributed by atoms with Gasteiger partial charge in [0, 0.05) is 22.8 Å². The van der Waals surface area contributed by atoms with Crippen LogP contribution in [0.4, 0.5) is 5.69 Å². The van der Waals surface area contributed by atoms with Gasteiger partial charge >= 0.3 is 0 Å². The van der Waals surface area contributed by atoms with Crippen LogP contribution in [0.5, 0.6) is 5.75 Å². The Hall–Kier alpha value is -4.18. The highest BCUT2D eigenvalue weighted by molar-refractivity contribution is 6.05. The number of benzene rings is 2. The molecule has 1 aliphatic carbocycles. The number of H-pyrrole nitrogens is 1. The summed E-state index contributed by atoms with van der Waals surface area (Å²) < 4.78 is 5.32. The number of aromatic nitrogens is 3. The number of rotatable bonds is 5. The molecule has 31 heavy (non-hydrogen) atoms. The first-order chi connectivity index (χ1) is 15.2. The Morgan fingerprint density at radius 1 is 1.23 bits per heavy atom. The molecular weight excluding hydrogens is 390 g/mol. The number of fused-ring (bicyclic) bond motifs is 1. The van der Waals surface area contributed by atoms with Crippen LogP contribution >= 0.6 is 0 Å². The molecule has 0 saturated heterocycles. The number of amides is 1. The number of nitrogens with zero attached hydrogens (tertiary/aromatic N) is 3. The lowest BCUT2D eigenvalue weighted by Gasteiger charge is -2.09. The van der Waals surface area contributed by atoms with Gasteiger partial charge in [0.2, 0.25) is 0 Å². The topological polar surface area (TPSA) is 104 Å². The summed E-state index contributed by atoms with van der Waals surface area (Å²) in [7, 11) is 1.63. The summed E-state index contributed by atoms with van der Waals surface area (Å²) in [6, 6.07) is 17.2. The predicted molar refractivity (Wildman–Crippen MR) is 117 cm³/mol. The summed E-state index contributed by atoms with van der Waals surface area (Å²) in [4.78, 5) is 17.3. The van der Waals surface area contributed by atoms with E-state index in [1.165, 1.54) is 6.20 Å². The minimum atomic E-state index is -0.280. The third-order valence-electron chi connectivity index (χ3n) is 5.44. The van der Waals surface area contributed by atoms with Gasteiger partial charge in [-0.2, -0.15) is 10.4 Å². The van der Waals surface area contributed by atoms with E-state index in [9.17, 15) is 4.79 Å². The normalized spacial score (nSPS) is 13.0. The number of nitrogens with one attached hydrogen (secondary N) is 2. The average molecular weight is 409 g/mol. The summed E-state index contributed by atoms with van der Waals surface area (Å²) in [5.74, 6) is 0.771. The van der Waals surface area contributed by atoms with E-state index in [-0.39, 0.29) is 5.91 Å². The maximum atomic E-state index is 13.0. The summed E-state index contributed by atoms with van der Waals surface area (Å²) in [5, 5.41) is 20.5. The molecule has 0 atom stereocenters. The van der Waals surface area contributed by atoms with Crippen LogP contribution in [-0.2, 0) is 0 Å². The van der Waals surface area contributed by atoms with Gasteiger partial charge < -0.3 is 10.1 Å². The van der Waals surface area contributed by atoms with Gasteiger partial charge in [0.05, 0.1) is 18.2 Å². The number of pyridine rings is 1. The zero-order valence-electron chi connectivity index (χ0n) is 16.8. The molecular formula is C24H19N5O2. The van der Waals surface area contributed by atoms with E-state index in [2.05, 4.69) is 26.6 Å². The molecule has 0 aliphatic heterocycles. The van der Waals surface area contributed by atoms with Gasteiger partial charge in [-0.25, -0.2) is 4.98 Å². The second kappa shape index (κ2) is 7.58. The fourth-order valence-corrected chi connectivity index (χ4v) is 3.71. The van der Waals surface area contributed by atoms with Crippen molar-refractivity contribution in [1.82, 2.24) is 15.2 Å². The number of aromatic amines is 1. The first-order valence-corrected chi connectivity index (χ1v) is 10.00. The van der Waals surface area contributed by atoms with Gasteiger partial charge in [0.25, 0.3) is 5.91 Å². The van der Waals surface area contributed by atoms with Crippen molar-refractivity contribution in [2.24, 2.45) is 0 Å². The summed E-state index contributed by atoms with van der Waals surface area (Å²) in [6.45, 7) is 0. The molecule has 0 spiro atoms. The van der Waals surface area contributed by atoms with Crippen LogP contribution in [0.25, 0.3) is 22.2 Å². The van der Waals surface area contributed by atoms with E-state index in [0.717, 1.165) is 46.3 Å². The molecule has 4 aromatic rings. The molecule has 0 bridgehead atoms. The van der Waals surface area contributed by atoms with Crippen LogP contribution in [0.2, 0.25) is 0 Å². The molecule has 1 fully saturated rings. The minimum Gasteiger partial charge on any atom is -0.497 e. The SMILES string of the molecule is COc1cccc(-c2n[nH]c3ccc(NC(=O)c4ncc(C#N)cc4C4CC4)cc23)c1. The van der Waals surface area contributed by atoms with Crippen LogP contribution in [0.15, 0.2) is 54.7 Å². The third-order valence-corrected chi connectivity index (χ3v) is 5.44. The molecule has 2 aromatic heterocycles. The molecule has 1 amide bonds. The van der Waals surface area contributed by atoms with Crippen molar-refractivity contribution in [3.8, 4) is 23.1 Å². The largest absolute Gasteiger partial charge is 0.497 e. The molecule has 7 heteroatoms. The molecule has 2 aromatic carbocycles. The second-order valence-corrected chi connectivity index (χ2v) is 7.57. The van der Waals surface area contributed by atoms with E-state index < -0.39 is 0 Å². The average Bonchev–Trinajstić information content (AvgIpc) is 3.58. The highest BCUT2D eigenvalue weighted by Gasteiger charge is 2.29. The van der Waals surface area contributed by atoms with Crippen molar-refractivity contribution < 1.29 is 9.53 Å². The van der Waals surface area contributed by atoms with Crippen molar-refractivity contribution in [2.45, 2.75) is 18.8 Å². The first kappa shape index (κ1) is 18.8. The lowest BCUT2D eigenvalue weighted by Crippen LogP contribution is -2.16. The fraction of sp³-hybridized carbons (Fsp3) is 0.167. The number of carbonyl (C=O) groups excluding carboxylic acids is 1. The molecule has 2 heterocycles. The lowest BCUT2D eigenvalue weighted by atomic mass is 10.1. The Labute approximate surface area is 178 Å². The van der Waals surface area contributed by atoms with Crippen molar-refractivity contribution in [1.29, 1.82) is 5.26 Å². The van der Waals surface area contributed by atoms with Crippen LogP contribution in [0.1, 0.15) is 40.4 Å². The van der Waals surface area contributed by atoms with Crippen molar-refractivity contribution >= 4 is 22.5 Å². The zero-order chi connectivity index (χ0) is 21.4. The van der Waals surface area contributed by atoms with Crippen molar-refractivity contribution in [3.05, 3.63) is 71.5 Å². The second-order valence-electron chi connectivity index (χ2n) is 7.57. The molecule has 5 rings (SSSR count). The van der Waals surface area contributed by atoms with E-state index in [0.29, 0.717) is 22.9 Å². The lowest BCUT2D eigenvalue weighted by molar-refractivity contribution is 0.102. The van der Waals surface area contributed by atoms with Crippen molar-refractivity contribution in [3.63, 3.8) is 0 Å². The number of methoxy groups -OCH3 is 1. The number of anilines is 1. The Kier molecular flexibility index (Phi) is 4.60. The predicted octanol–water partition coefficient (Wildman–Crippen LogP) is 4.63. The van der Waals surface area contributed by atoms with Gasteiger partial charge in [0.15, 0.2) is 0 Å². The molecule has 7 nitrogen and oxygen atoms in total. The Bertz CT molecular complexity index is 1350. The van der Waals surface area contributed by atoms with Gasteiger partial charge in [-0.3, -0.25) is 9.89 Å². The van der Waals surface area contributed by atoms with Gasteiger partial charge in [-0.1, -0.05) is 12.1 Å². The summed E-state index contributed by atoms with van der Waals surface area (Å²) in [6.07, 6.45) is 3.48. The monoisotopic (exact) mass is 409 g/mol. The maximum Gasteiger partial charge on any atom is 0.274 e. The Balaban J connectivity index is 1.48. The van der Waals surface area contributed by atoms with E-state index in [4.69, 9.17) is 10.00 Å². The quantitative estimate of drug-likeness (QED) is 0.500. The molecule has 0 radical (unpaired) electrons. The third kappa shape index (κ3) is 3.60.